The lowest BCUT2D eigenvalue weighted by molar-refractivity contribution is -0.870. The lowest BCUT2D eigenvalue weighted by atomic mass is 10.0. The minimum Gasteiger partial charge on any atom is -0.477 e. The van der Waals surface area contributed by atoms with E-state index in [-0.39, 0.29) is 32.2 Å². The van der Waals surface area contributed by atoms with Crippen LogP contribution in [0.15, 0.2) is 72.9 Å². The summed E-state index contributed by atoms with van der Waals surface area (Å²) in [5.74, 6) is -2.00. The average molecular weight is 1140 g/mol. The Bertz CT molecular complexity index is 1560. The van der Waals surface area contributed by atoms with Gasteiger partial charge in [-0.15, -0.1) is 0 Å². The van der Waals surface area contributed by atoms with Gasteiger partial charge < -0.3 is 28.5 Å². The van der Waals surface area contributed by atoms with E-state index < -0.39 is 24.3 Å². The Morgan fingerprint density at radius 2 is 0.704 bits per heavy atom. The molecule has 0 radical (unpaired) electrons. The van der Waals surface area contributed by atoms with Gasteiger partial charge in [0.2, 0.25) is 0 Å². The average Bonchev–Trinajstić information content (AvgIpc) is 3.44. The highest BCUT2D eigenvalue weighted by Crippen LogP contribution is 2.18. The summed E-state index contributed by atoms with van der Waals surface area (Å²) in [6.07, 6.45) is 80.1. The molecule has 470 valence electrons. The number of likely N-dealkylation sites (N-methyl/N-ethyl adjacent to an activating group) is 1. The number of ether oxygens (including phenoxy) is 4. The first-order valence-electron chi connectivity index (χ1n) is 34.1. The molecule has 0 fully saturated rings. The molecule has 0 saturated carbocycles. The summed E-state index contributed by atoms with van der Waals surface area (Å²) in [4.78, 5) is 37.6. The standard InChI is InChI=1S/C72H129NO8/c1-6-8-10-12-14-16-18-20-22-24-26-28-30-31-32-33-34-35-36-37-38-39-41-42-44-46-48-50-52-54-56-58-60-62-69(74)79-66-68(67-80-72(71(76)77)78-65-64-73(3,4)5)81-70(75)63-61-59-57-55-53-51-49-47-45-43-40-29-27-25-23-21-19-17-15-13-11-9-7-2/h9,11,15,17-18,20-21,23-24,26-27,29,68,72H,6-8,10,12-14,16,19,22,25,28,30-67H2,1-5H3/p+1/b11-9-,17-15-,20-18-,23-21-,26-24-,29-27-. The molecule has 0 bridgehead atoms. The third kappa shape index (κ3) is 64.1. The van der Waals surface area contributed by atoms with Crippen LogP contribution in [-0.2, 0) is 33.3 Å². The number of esters is 2. The zero-order valence-corrected chi connectivity index (χ0v) is 53.7. The van der Waals surface area contributed by atoms with Crippen LogP contribution >= 0.6 is 0 Å². The van der Waals surface area contributed by atoms with Crippen LogP contribution in [0.2, 0.25) is 0 Å². The van der Waals surface area contributed by atoms with Crippen LogP contribution in [0.3, 0.4) is 0 Å². The minimum absolute atomic E-state index is 0.183. The van der Waals surface area contributed by atoms with E-state index in [4.69, 9.17) is 18.9 Å². The quantitative estimate of drug-likeness (QED) is 0.0211. The molecule has 0 heterocycles. The summed E-state index contributed by atoms with van der Waals surface area (Å²) in [6, 6.07) is 0. The molecule has 2 atom stereocenters. The molecule has 0 aliphatic carbocycles. The largest absolute Gasteiger partial charge is 0.477 e. The number of quaternary nitrogens is 1. The minimum atomic E-state index is -1.51. The van der Waals surface area contributed by atoms with Crippen molar-refractivity contribution in [1.82, 2.24) is 0 Å². The van der Waals surface area contributed by atoms with Crippen molar-refractivity contribution in [1.29, 1.82) is 0 Å². The Balaban J connectivity index is 4.08. The van der Waals surface area contributed by atoms with Crippen molar-refractivity contribution >= 4 is 17.9 Å². The monoisotopic (exact) mass is 1140 g/mol. The number of hydrogen-bond donors (Lipinski definition) is 1. The molecular formula is C72H130NO8+. The predicted octanol–water partition coefficient (Wildman–Crippen LogP) is 20.9. The maximum Gasteiger partial charge on any atom is 0.361 e. The number of carbonyl (C=O) groups is 3. The molecule has 9 nitrogen and oxygen atoms in total. The highest BCUT2D eigenvalue weighted by molar-refractivity contribution is 5.71. The maximum absolute atomic E-state index is 12.9. The van der Waals surface area contributed by atoms with Crippen LogP contribution < -0.4 is 0 Å². The topological polar surface area (TPSA) is 108 Å². The van der Waals surface area contributed by atoms with Gasteiger partial charge >= 0.3 is 17.9 Å². The summed E-state index contributed by atoms with van der Waals surface area (Å²) in [5, 5.41) is 9.74. The molecule has 0 aromatic carbocycles. The van der Waals surface area contributed by atoms with E-state index >= 15 is 0 Å². The highest BCUT2D eigenvalue weighted by atomic mass is 16.7. The number of hydrogen-bond acceptors (Lipinski definition) is 7. The van der Waals surface area contributed by atoms with Crippen molar-refractivity contribution in [2.45, 2.75) is 322 Å². The van der Waals surface area contributed by atoms with Crippen molar-refractivity contribution in [3.63, 3.8) is 0 Å². The number of aliphatic carboxylic acids is 1. The molecule has 0 amide bonds. The van der Waals surface area contributed by atoms with E-state index in [1.807, 2.05) is 21.1 Å². The van der Waals surface area contributed by atoms with Gasteiger partial charge in [-0.25, -0.2) is 4.79 Å². The Morgan fingerprint density at radius 3 is 1.05 bits per heavy atom. The molecule has 0 spiro atoms. The van der Waals surface area contributed by atoms with E-state index in [0.29, 0.717) is 23.9 Å². The second kappa shape index (κ2) is 62.8. The maximum atomic E-state index is 12.9. The molecule has 0 rings (SSSR count). The lowest BCUT2D eigenvalue weighted by Crippen LogP contribution is -2.40. The molecule has 81 heavy (non-hydrogen) atoms. The van der Waals surface area contributed by atoms with Crippen molar-refractivity contribution in [3.05, 3.63) is 72.9 Å². The molecule has 1 N–H and O–H groups in total. The van der Waals surface area contributed by atoms with Crippen molar-refractivity contribution in [3.8, 4) is 0 Å². The van der Waals surface area contributed by atoms with Gasteiger partial charge in [-0.3, -0.25) is 9.59 Å². The van der Waals surface area contributed by atoms with Gasteiger partial charge in [0.15, 0.2) is 6.10 Å². The predicted molar refractivity (Wildman–Crippen MR) is 346 cm³/mol. The fourth-order valence-electron chi connectivity index (χ4n) is 9.74. The molecule has 0 aromatic heterocycles. The zero-order chi connectivity index (χ0) is 59.1. The number of allylic oxidation sites excluding steroid dienone is 12. The molecule has 9 heteroatoms. The van der Waals surface area contributed by atoms with E-state index in [1.165, 1.54) is 199 Å². The number of unbranched alkanes of at least 4 members (excludes halogenated alkanes) is 36. The molecule has 0 aromatic rings. The summed E-state index contributed by atoms with van der Waals surface area (Å²) >= 11 is 0. The van der Waals surface area contributed by atoms with Crippen LogP contribution in [0.5, 0.6) is 0 Å². The second-order valence-corrected chi connectivity index (χ2v) is 24.1. The zero-order valence-electron chi connectivity index (χ0n) is 53.7. The smallest absolute Gasteiger partial charge is 0.361 e. The van der Waals surface area contributed by atoms with Crippen molar-refractivity contribution in [2.75, 3.05) is 47.5 Å². The fraction of sp³-hybridized carbons (Fsp3) is 0.792. The number of nitrogens with zero attached hydrogens (tertiary/aromatic N) is 1. The van der Waals surface area contributed by atoms with Crippen molar-refractivity contribution in [2.24, 2.45) is 0 Å². The van der Waals surface area contributed by atoms with Crippen LogP contribution in [0, 0.1) is 0 Å². The lowest BCUT2D eigenvalue weighted by Gasteiger charge is -2.25. The molecule has 0 aliphatic heterocycles. The van der Waals surface area contributed by atoms with Gasteiger partial charge in [-0.05, 0) is 83.5 Å². The first kappa shape index (κ1) is 77.7. The summed E-state index contributed by atoms with van der Waals surface area (Å²) in [6.45, 7) is 4.79. The summed E-state index contributed by atoms with van der Waals surface area (Å²) in [7, 11) is 5.98. The number of carboxylic acids is 1. The molecule has 2 unspecified atom stereocenters. The Morgan fingerprint density at radius 1 is 0.383 bits per heavy atom. The third-order valence-electron chi connectivity index (χ3n) is 14.9. The summed E-state index contributed by atoms with van der Waals surface area (Å²) in [5.41, 5.74) is 0. The Labute approximate surface area is 500 Å². The van der Waals surface area contributed by atoms with Crippen molar-refractivity contribution < 1.29 is 42.9 Å². The van der Waals surface area contributed by atoms with Gasteiger partial charge in [0.05, 0.1) is 34.4 Å². The second-order valence-electron chi connectivity index (χ2n) is 24.1. The SMILES string of the molecule is CC/C=C\C/C=C\C/C=C\C/C=C\CCCCCCCCCCCCC(=O)OC(COC(=O)CCCCCCCCCCCCCCCCCCCCCCC/C=C\C/C=C\CCCCCCC)COC(OCC[N+](C)(C)C)C(=O)O. The van der Waals surface area contributed by atoms with Gasteiger partial charge in [0.25, 0.3) is 6.29 Å². The first-order chi connectivity index (χ1) is 39.6. The van der Waals surface area contributed by atoms with Crippen LogP contribution in [0.4, 0.5) is 0 Å². The number of carboxylic acid groups (broad SMARTS) is 1. The molecule has 0 aliphatic rings. The first-order valence-corrected chi connectivity index (χ1v) is 34.1. The van der Waals surface area contributed by atoms with E-state index in [0.717, 1.165) is 77.0 Å². The Hall–Kier alpha value is -3.27. The Kier molecular flexibility index (Phi) is 60.2. The van der Waals surface area contributed by atoms with Crippen LogP contribution in [-0.4, -0.2) is 87.4 Å². The van der Waals surface area contributed by atoms with E-state index in [1.54, 1.807) is 0 Å². The fourth-order valence-corrected chi connectivity index (χ4v) is 9.74. The van der Waals surface area contributed by atoms with Gasteiger partial charge in [0, 0.05) is 12.8 Å². The van der Waals surface area contributed by atoms with E-state index in [9.17, 15) is 19.5 Å². The number of rotatable bonds is 63. The molecule has 0 saturated heterocycles. The number of carbonyl (C=O) groups excluding carboxylic acids is 2. The highest BCUT2D eigenvalue weighted by Gasteiger charge is 2.25. The van der Waals surface area contributed by atoms with Gasteiger partial charge in [0.1, 0.15) is 13.2 Å². The van der Waals surface area contributed by atoms with E-state index in [2.05, 4.69) is 86.8 Å². The van der Waals surface area contributed by atoms with Gasteiger partial charge in [-0.2, -0.15) is 0 Å². The third-order valence-corrected chi connectivity index (χ3v) is 14.9. The normalized spacial score (nSPS) is 13.1. The molecular weight excluding hydrogens is 1010 g/mol. The van der Waals surface area contributed by atoms with Gasteiger partial charge in [-0.1, -0.05) is 286 Å². The van der Waals surface area contributed by atoms with Crippen LogP contribution in [0.1, 0.15) is 309 Å². The van der Waals surface area contributed by atoms with Crippen LogP contribution in [0.25, 0.3) is 0 Å². The summed E-state index contributed by atoms with van der Waals surface area (Å²) < 4.78 is 23.0.